The molecule has 0 saturated carbocycles. The predicted molar refractivity (Wildman–Crippen MR) is 68.7 cm³/mol. The minimum absolute atomic E-state index is 0.0447. The van der Waals surface area contributed by atoms with Crippen molar-refractivity contribution in [1.82, 2.24) is 10.2 Å². The number of piperidine rings is 1. The summed E-state index contributed by atoms with van der Waals surface area (Å²) in [7, 11) is 0. The first-order valence-corrected chi connectivity index (χ1v) is 6.70. The number of nitrogens with one attached hydrogen (secondary N) is 1. The molecule has 2 atom stereocenters. The van der Waals surface area contributed by atoms with Crippen LogP contribution in [0.5, 0.6) is 0 Å². The van der Waals surface area contributed by atoms with Crippen LogP contribution in [0.1, 0.15) is 33.6 Å². The van der Waals surface area contributed by atoms with Gasteiger partial charge < -0.3 is 10.4 Å². The van der Waals surface area contributed by atoms with E-state index in [9.17, 15) is 4.79 Å². The number of aliphatic hydroxyl groups is 1. The molecule has 1 aliphatic rings. The number of hydrogen-bond donors (Lipinski definition) is 2. The van der Waals surface area contributed by atoms with Crippen LogP contribution >= 0.6 is 0 Å². The van der Waals surface area contributed by atoms with Crippen LogP contribution in [-0.2, 0) is 4.79 Å². The number of likely N-dealkylation sites (tertiary alicyclic amines) is 1. The van der Waals surface area contributed by atoms with Crippen molar-refractivity contribution in [3.8, 4) is 0 Å². The number of carbonyl (C=O) groups is 1. The van der Waals surface area contributed by atoms with Crippen molar-refractivity contribution in [2.24, 2.45) is 11.8 Å². The summed E-state index contributed by atoms with van der Waals surface area (Å²) >= 11 is 0. The van der Waals surface area contributed by atoms with Gasteiger partial charge in [0, 0.05) is 31.6 Å². The van der Waals surface area contributed by atoms with Gasteiger partial charge in [0.05, 0.1) is 6.61 Å². The van der Waals surface area contributed by atoms with Gasteiger partial charge >= 0.3 is 0 Å². The maximum atomic E-state index is 11.7. The zero-order valence-corrected chi connectivity index (χ0v) is 11.3. The van der Waals surface area contributed by atoms with Crippen LogP contribution in [0.25, 0.3) is 0 Å². The second kappa shape index (κ2) is 6.97. The molecule has 1 amide bonds. The Balaban J connectivity index is 2.50. The second-order valence-electron chi connectivity index (χ2n) is 5.35. The van der Waals surface area contributed by atoms with Gasteiger partial charge in [-0.2, -0.15) is 0 Å². The van der Waals surface area contributed by atoms with Gasteiger partial charge in [-0.05, 0) is 12.3 Å². The quantitative estimate of drug-likeness (QED) is 0.751. The molecule has 1 fully saturated rings. The number of β-amino-alcohol motifs (C(OH)–C–C–N with tert-alkyl or cyclic N) is 1. The lowest BCUT2D eigenvalue weighted by atomic mass is 9.92. The van der Waals surface area contributed by atoms with Crippen molar-refractivity contribution in [1.29, 1.82) is 0 Å². The van der Waals surface area contributed by atoms with E-state index in [1.54, 1.807) is 0 Å². The van der Waals surface area contributed by atoms with Gasteiger partial charge in [0.2, 0.25) is 5.91 Å². The molecule has 0 aromatic rings. The summed E-state index contributed by atoms with van der Waals surface area (Å²) in [6.07, 6.45) is 2.20. The number of rotatable bonds is 5. The van der Waals surface area contributed by atoms with Crippen LogP contribution in [0.2, 0.25) is 0 Å². The van der Waals surface area contributed by atoms with E-state index in [0.717, 1.165) is 25.9 Å². The normalized spacial score (nSPS) is 26.2. The molecule has 0 bridgehead atoms. The molecule has 1 heterocycles. The monoisotopic (exact) mass is 242 g/mol. The van der Waals surface area contributed by atoms with Crippen LogP contribution in [0.15, 0.2) is 0 Å². The zero-order valence-electron chi connectivity index (χ0n) is 11.3. The van der Waals surface area contributed by atoms with E-state index in [0.29, 0.717) is 12.5 Å². The first-order chi connectivity index (χ1) is 8.06. The van der Waals surface area contributed by atoms with Gasteiger partial charge in [-0.1, -0.05) is 27.2 Å². The second-order valence-corrected chi connectivity index (χ2v) is 5.35. The highest BCUT2D eigenvalue weighted by Gasteiger charge is 2.27. The summed E-state index contributed by atoms with van der Waals surface area (Å²) in [5.74, 6) is 0.812. The highest BCUT2D eigenvalue weighted by atomic mass is 16.3. The minimum Gasteiger partial charge on any atom is -0.395 e. The molecule has 0 radical (unpaired) electrons. The van der Waals surface area contributed by atoms with E-state index < -0.39 is 0 Å². The Morgan fingerprint density at radius 2 is 2.18 bits per heavy atom. The summed E-state index contributed by atoms with van der Waals surface area (Å²) < 4.78 is 0. The van der Waals surface area contributed by atoms with Crippen molar-refractivity contribution >= 4 is 5.91 Å². The third-order valence-corrected chi connectivity index (χ3v) is 3.48. The highest BCUT2D eigenvalue weighted by Crippen LogP contribution is 2.19. The number of carbonyl (C=O) groups excluding carboxylic acids is 1. The van der Waals surface area contributed by atoms with Crippen LogP contribution in [-0.4, -0.2) is 48.2 Å². The topological polar surface area (TPSA) is 52.6 Å². The molecular formula is C13H26N2O2. The first-order valence-electron chi connectivity index (χ1n) is 6.70. The van der Waals surface area contributed by atoms with Crippen molar-refractivity contribution in [3.63, 3.8) is 0 Å². The van der Waals surface area contributed by atoms with Gasteiger partial charge in [0.25, 0.3) is 0 Å². The Morgan fingerprint density at radius 3 is 2.71 bits per heavy atom. The number of nitrogens with zero attached hydrogens (tertiary/aromatic N) is 1. The van der Waals surface area contributed by atoms with E-state index in [1.807, 2.05) is 13.8 Å². The fourth-order valence-electron chi connectivity index (χ4n) is 2.39. The molecule has 1 rings (SSSR count). The largest absolute Gasteiger partial charge is 0.395 e. The molecule has 0 aromatic heterocycles. The van der Waals surface area contributed by atoms with Crippen LogP contribution in [0.4, 0.5) is 0 Å². The Bertz CT molecular complexity index is 244. The SMILES string of the molecule is CCC1CC(NC(=O)C(C)C)CN(CCO)C1. The molecule has 0 aromatic carbocycles. The van der Waals surface area contributed by atoms with Crippen molar-refractivity contribution in [3.05, 3.63) is 0 Å². The average Bonchev–Trinajstić information content (AvgIpc) is 2.28. The molecule has 2 N–H and O–H groups in total. The maximum Gasteiger partial charge on any atom is 0.222 e. The highest BCUT2D eigenvalue weighted by molar-refractivity contribution is 5.78. The Hall–Kier alpha value is -0.610. The third-order valence-electron chi connectivity index (χ3n) is 3.48. The van der Waals surface area contributed by atoms with E-state index in [2.05, 4.69) is 17.1 Å². The van der Waals surface area contributed by atoms with Gasteiger partial charge in [-0.3, -0.25) is 9.69 Å². The molecule has 17 heavy (non-hydrogen) atoms. The van der Waals surface area contributed by atoms with Crippen molar-refractivity contribution in [2.75, 3.05) is 26.2 Å². The van der Waals surface area contributed by atoms with E-state index in [-0.39, 0.29) is 24.5 Å². The number of amides is 1. The summed E-state index contributed by atoms with van der Waals surface area (Å²) in [6, 6.07) is 0.246. The summed E-state index contributed by atoms with van der Waals surface area (Å²) in [4.78, 5) is 13.9. The van der Waals surface area contributed by atoms with Crippen molar-refractivity contribution in [2.45, 2.75) is 39.7 Å². The molecule has 2 unspecified atom stereocenters. The van der Waals surface area contributed by atoms with Crippen LogP contribution in [0.3, 0.4) is 0 Å². The number of aliphatic hydroxyl groups excluding tert-OH is 1. The first kappa shape index (κ1) is 14.5. The van der Waals surface area contributed by atoms with E-state index in [1.165, 1.54) is 0 Å². The van der Waals surface area contributed by atoms with E-state index in [4.69, 9.17) is 5.11 Å². The molecule has 100 valence electrons. The minimum atomic E-state index is 0.0447. The Kier molecular flexibility index (Phi) is 5.92. The lowest BCUT2D eigenvalue weighted by Gasteiger charge is -2.37. The van der Waals surface area contributed by atoms with Crippen LogP contribution in [0, 0.1) is 11.8 Å². The van der Waals surface area contributed by atoms with Gasteiger partial charge in [-0.25, -0.2) is 0 Å². The average molecular weight is 242 g/mol. The summed E-state index contributed by atoms with van der Waals surface area (Å²) in [6.45, 7) is 8.85. The van der Waals surface area contributed by atoms with Gasteiger partial charge in [0.1, 0.15) is 0 Å². The zero-order chi connectivity index (χ0) is 12.8. The number of hydrogen-bond acceptors (Lipinski definition) is 3. The summed E-state index contributed by atoms with van der Waals surface area (Å²) in [5.41, 5.74) is 0. The maximum absolute atomic E-state index is 11.7. The third kappa shape index (κ3) is 4.64. The fraction of sp³-hybridized carbons (Fsp3) is 0.923. The standard InChI is InChI=1S/C13H26N2O2/c1-4-11-7-12(14-13(17)10(2)3)9-15(8-11)5-6-16/h10-12,16H,4-9H2,1-3H3,(H,14,17). The van der Waals surface area contributed by atoms with Crippen molar-refractivity contribution < 1.29 is 9.90 Å². The molecule has 4 nitrogen and oxygen atoms in total. The lowest BCUT2D eigenvalue weighted by molar-refractivity contribution is -0.125. The molecule has 0 aliphatic carbocycles. The predicted octanol–water partition coefficient (Wildman–Crippen LogP) is 0.851. The molecule has 1 saturated heterocycles. The molecule has 1 aliphatic heterocycles. The van der Waals surface area contributed by atoms with Gasteiger partial charge in [-0.15, -0.1) is 0 Å². The lowest BCUT2D eigenvalue weighted by Crippen LogP contribution is -2.52. The molecule has 4 heteroatoms. The fourth-order valence-corrected chi connectivity index (χ4v) is 2.39. The van der Waals surface area contributed by atoms with Crippen LogP contribution < -0.4 is 5.32 Å². The molecule has 0 spiro atoms. The molecular weight excluding hydrogens is 216 g/mol. The smallest absolute Gasteiger partial charge is 0.222 e. The Morgan fingerprint density at radius 1 is 1.47 bits per heavy atom. The van der Waals surface area contributed by atoms with Gasteiger partial charge in [0.15, 0.2) is 0 Å². The Labute approximate surface area is 104 Å². The van der Waals surface area contributed by atoms with E-state index >= 15 is 0 Å². The summed E-state index contributed by atoms with van der Waals surface area (Å²) in [5, 5.41) is 12.1.